The standard InChI is InChI=1S/C16H33NO/c1-3-5-7-9-11-13-15(14-16(17)18)12-10-8-6-4-2/h15H,3-14H2,1-2H3,(H2,17,18)/t15-/m1/s1. The van der Waals surface area contributed by atoms with Crippen molar-refractivity contribution in [1.82, 2.24) is 0 Å². The smallest absolute Gasteiger partial charge is 0.217 e. The van der Waals surface area contributed by atoms with Gasteiger partial charge in [0, 0.05) is 6.42 Å². The summed E-state index contributed by atoms with van der Waals surface area (Å²) in [5, 5.41) is 0. The molecule has 0 aromatic heterocycles. The zero-order chi connectivity index (χ0) is 13.6. The molecule has 0 spiro atoms. The van der Waals surface area contributed by atoms with Crippen LogP contribution in [0.1, 0.15) is 90.9 Å². The van der Waals surface area contributed by atoms with Gasteiger partial charge in [0.25, 0.3) is 0 Å². The van der Waals surface area contributed by atoms with Gasteiger partial charge in [0.05, 0.1) is 0 Å². The molecule has 0 aliphatic rings. The summed E-state index contributed by atoms with van der Waals surface area (Å²) >= 11 is 0. The minimum Gasteiger partial charge on any atom is -0.370 e. The van der Waals surface area contributed by atoms with Crippen molar-refractivity contribution in [2.45, 2.75) is 90.9 Å². The second-order valence-corrected chi connectivity index (χ2v) is 5.59. The topological polar surface area (TPSA) is 43.1 Å². The van der Waals surface area contributed by atoms with E-state index >= 15 is 0 Å². The Balaban J connectivity index is 3.66. The van der Waals surface area contributed by atoms with E-state index in [1.54, 1.807) is 0 Å². The third-order valence-corrected chi connectivity index (χ3v) is 3.67. The molecule has 0 saturated heterocycles. The minimum atomic E-state index is -0.121. The molecule has 0 aromatic rings. The van der Waals surface area contributed by atoms with Crippen LogP contribution in [0.3, 0.4) is 0 Å². The van der Waals surface area contributed by atoms with E-state index in [0.29, 0.717) is 12.3 Å². The van der Waals surface area contributed by atoms with Gasteiger partial charge < -0.3 is 5.73 Å². The van der Waals surface area contributed by atoms with E-state index in [9.17, 15) is 4.79 Å². The highest BCUT2D eigenvalue weighted by atomic mass is 16.1. The third-order valence-electron chi connectivity index (χ3n) is 3.67. The molecule has 0 aromatic carbocycles. The van der Waals surface area contributed by atoms with Crippen LogP contribution >= 0.6 is 0 Å². The number of primary amides is 1. The van der Waals surface area contributed by atoms with Gasteiger partial charge in [-0.3, -0.25) is 4.79 Å². The Bertz CT molecular complexity index is 192. The van der Waals surface area contributed by atoms with E-state index in [1.807, 2.05) is 0 Å². The maximum Gasteiger partial charge on any atom is 0.217 e. The highest BCUT2D eigenvalue weighted by molar-refractivity contribution is 5.73. The fraction of sp³-hybridized carbons (Fsp3) is 0.938. The molecule has 0 aliphatic carbocycles. The summed E-state index contributed by atoms with van der Waals surface area (Å²) in [7, 11) is 0. The van der Waals surface area contributed by atoms with E-state index in [4.69, 9.17) is 5.73 Å². The van der Waals surface area contributed by atoms with Crippen molar-refractivity contribution in [3.63, 3.8) is 0 Å². The molecule has 0 heterocycles. The molecule has 0 radical (unpaired) electrons. The van der Waals surface area contributed by atoms with Crippen LogP contribution in [0.4, 0.5) is 0 Å². The van der Waals surface area contributed by atoms with Crippen molar-refractivity contribution in [1.29, 1.82) is 0 Å². The fourth-order valence-electron chi connectivity index (χ4n) is 2.53. The molecule has 1 atom stereocenters. The molecular weight excluding hydrogens is 222 g/mol. The van der Waals surface area contributed by atoms with E-state index in [0.717, 1.165) is 0 Å². The van der Waals surface area contributed by atoms with Crippen LogP contribution in [-0.2, 0) is 4.79 Å². The second kappa shape index (κ2) is 12.9. The Labute approximate surface area is 114 Å². The molecule has 18 heavy (non-hydrogen) atoms. The van der Waals surface area contributed by atoms with Crippen LogP contribution in [0, 0.1) is 5.92 Å². The molecular formula is C16H33NO. The van der Waals surface area contributed by atoms with Gasteiger partial charge in [0.15, 0.2) is 0 Å². The number of rotatable bonds is 13. The molecule has 0 saturated carbocycles. The highest BCUT2D eigenvalue weighted by Gasteiger charge is 2.11. The van der Waals surface area contributed by atoms with Gasteiger partial charge in [-0.05, 0) is 18.8 Å². The lowest BCUT2D eigenvalue weighted by atomic mass is 9.91. The van der Waals surface area contributed by atoms with E-state index in [2.05, 4.69) is 13.8 Å². The predicted octanol–water partition coefficient (Wildman–Crippen LogP) is 4.81. The lowest BCUT2D eigenvalue weighted by Crippen LogP contribution is -2.16. The van der Waals surface area contributed by atoms with Crippen LogP contribution in [-0.4, -0.2) is 5.91 Å². The van der Waals surface area contributed by atoms with Crippen molar-refractivity contribution in [2.75, 3.05) is 0 Å². The molecule has 108 valence electrons. The first-order valence-corrected chi connectivity index (χ1v) is 7.99. The molecule has 0 aliphatic heterocycles. The van der Waals surface area contributed by atoms with Gasteiger partial charge in [-0.25, -0.2) is 0 Å². The van der Waals surface area contributed by atoms with Crippen molar-refractivity contribution >= 4 is 5.91 Å². The summed E-state index contributed by atoms with van der Waals surface area (Å²) < 4.78 is 0. The molecule has 1 amide bonds. The number of hydrogen-bond donors (Lipinski definition) is 1. The van der Waals surface area contributed by atoms with Crippen molar-refractivity contribution in [2.24, 2.45) is 11.7 Å². The molecule has 0 unspecified atom stereocenters. The van der Waals surface area contributed by atoms with Crippen molar-refractivity contribution in [3.8, 4) is 0 Å². The number of amides is 1. The minimum absolute atomic E-state index is 0.121. The number of carbonyl (C=O) groups excluding carboxylic acids is 1. The molecule has 2 N–H and O–H groups in total. The summed E-state index contributed by atoms with van der Waals surface area (Å²) in [6.07, 6.45) is 14.7. The van der Waals surface area contributed by atoms with Crippen LogP contribution in [0.15, 0.2) is 0 Å². The highest BCUT2D eigenvalue weighted by Crippen LogP contribution is 2.21. The first-order valence-electron chi connectivity index (χ1n) is 7.99. The van der Waals surface area contributed by atoms with Crippen molar-refractivity contribution in [3.05, 3.63) is 0 Å². The van der Waals surface area contributed by atoms with E-state index < -0.39 is 0 Å². The van der Waals surface area contributed by atoms with Crippen molar-refractivity contribution < 1.29 is 4.79 Å². The largest absolute Gasteiger partial charge is 0.370 e. The van der Waals surface area contributed by atoms with E-state index in [1.165, 1.54) is 70.6 Å². The zero-order valence-electron chi connectivity index (χ0n) is 12.5. The third kappa shape index (κ3) is 11.9. The van der Waals surface area contributed by atoms with Gasteiger partial charge in [0.1, 0.15) is 0 Å². The predicted molar refractivity (Wildman–Crippen MR) is 79.4 cm³/mol. The molecule has 2 nitrogen and oxygen atoms in total. The van der Waals surface area contributed by atoms with Gasteiger partial charge >= 0.3 is 0 Å². The van der Waals surface area contributed by atoms with Gasteiger partial charge in [0.2, 0.25) is 5.91 Å². The van der Waals surface area contributed by atoms with Crippen LogP contribution in [0.2, 0.25) is 0 Å². The number of carbonyl (C=O) groups is 1. The number of unbranched alkanes of at least 4 members (excludes halogenated alkanes) is 7. The Kier molecular flexibility index (Phi) is 12.5. The summed E-state index contributed by atoms with van der Waals surface area (Å²) in [4.78, 5) is 11.1. The average molecular weight is 255 g/mol. The van der Waals surface area contributed by atoms with Crippen LogP contribution in [0.25, 0.3) is 0 Å². The first kappa shape index (κ1) is 17.5. The Morgan fingerprint density at radius 1 is 0.833 bits per heavy atom. The lowest BCUT2D eigenvalue weighted by molar-refractivity contribution is -0.119. The number of nitrogens with two attached hydrogens (primary N) is 1. The van der Waals surface area contributed by atoms with Crippen LogP contribution in [0.5, 0.6) is 0 Å². The van der Waals surface area contributed by atoms with E-state index in [-0.39, 0.29) is 5.91 Å². The Hall–Kier alpha value is -0.530. The maximum absolute atomic E-state index is 11.1. The summed E-state index contributed by atoms with van der Waals surface area (Å²) in [5.74, 6) is 0.421. The normalized spacial score (nSPS) is 12.6. The number of hydrogen-bond acceptors (Lipinski definition) is 1. The van der Waals surface area contributed by atoms with Gasteiger partial charge in [-0.15, -0.1) is 0 Å². The maximum atomic E-state index is 11.1. The monoisotopic (exact) mass is 255 g/mol. The molecule has 0 fully saturated rings. The SMILES string of the molecule is CCCCCCC[C@@H](CCCCCC)CC(N)=O. The quantitative estimate of drug-likeness (QED) is 0.472. The Morgan fingerprint density at radius 2 is 1.28 bits per heavy atom. The fourth-order valence-corrected chi connectivity index (χ4v) is 2.53. The second-order valence-electron chi connectivity index (χ2n) is 5.59. The molecule has 0 bridgehead atoms. The van der Waals surface area contributed by atoms with Gasteiger partial charge in [-0.1, -0.05) is 71.6 Å². The molecule has 2 heteroatoms. The summed E-state index contributed by atoms with van der Waals surface area (Å²) in [6.45, 7) is 4.47. The zero-order valence-corrected chi connectivity index (χ0v) is 12.5. The van der Waals surface area contributed by atoms with Crippen LogP contribution < -0.4 is 5.73 Å². The average Bonchev–Trinajstić information content (AvgIpc) is 2.33. The van der Waals surface area contributed by atoms with Gasteiger partial charge in [-0.2, -0.15) is 0 Å². The summed E-state index contributed by atoms with van der Waals surface area (Å²) in [5.41, 5.74) is 5.34. The lowest BCUT2D eigenvalue weighted by Gasteiger charge is -2.15. The summed E-state index contributed by atoms with van der Waals surface area (Å²) in [6, 6.07) is 0. The molecule has 0 rings (SSSR count). The Morgan fingerprint density at radius 3 is 1.72 bits per heavy atom. The first-order chi connectivity index (χ1) is 8.70.